The van der Waals surface area contributed by atoms with Crippen LogP contribution in [0, 0.1) is 0 Å². The molecule has 0 bridgehead atoms. The molecule has 15 heavy (non-hydrogen) atoms. The van der Waals surface area contributed by atoms with Crippen molar-refractivity contribution in [1.29, 1.82) is 0 Å². The molecule has 0 unspecified atom stereocenters. The van der Waals surface area contributed by atoms with Crippen LogP contribution in [-0.2, 0) is 0 Å². The highest BCUT2D eigenvalue weighted by Crippen LogP contribution is 2.28. The third-order valence-corrected chi connectivity index (χ3v) is 2.79. The van der Waals surface area contributed by atoms with E-state index in [-0.39, 0.29) is 0 Å². The van der Waals surface area contributed by atoms with E-state index >= 15 is 0 Å². The van der Waals surface area contributed by atoms with Gasteiger partial charge in [-0.15, -0.1) is 0 Å². The van der Waals surface area contributed by atoms with Gasteiger partial charge in [-0.3, -0.25) is 0 Å². The summed E-state index contributed by atoms with van der Waals surface area (Å²) in [4.78, 5) is 10.1. The van der Waals surface area contributed by atoms with Gasteiger partial charge >= 0.3 is 0 Å². The van der Waals surface area contributed by atoms with Crippen LogP contribution in [0.2, 0.25) is 5.02 Å². The summed E-state index contributed by atoms with van der Waals surface area (Å²) in [6.45, 7) is 3.88. The van der Waals surface area contributed by atoms with Gasteiger partial charge in [0.05, 0.1) is 0 Å². The summed E-state index contributed by atoms with van der Waals surface area (Å²) in [5, 5.41) is 0.451. The Morgan fingerprint density at radius 1 is 1.47 bits per heavy atom. The van der Waals surface area contributed by atoms with E-state index in [1.54, 1.807) is 0 Å². The molecule has 0 fully saturated rings. The highest BCUT2D eigenvalue weighted by atomic mass is 35.5. The minimum atomic E-state index is 0.342. The van der Waals surface area contributed by atoms with Crippen molar-refractivity contribution in [2.75, 3.05) is 23.7 Å². The van der Waals surface area contributed by atoms with Crippen molar-refractivity contribution in [2.24, 2.45) is 0 Å². The molecule has 0 saturated heterocycles. The smallest absolute Gasteiger partial charge is 0.153 e. The lowest BCUT2D eigenvalue weighted by Gasteiger charge is -2.27. The summed E-state index contributed by atoms with van der Waals surface area (Å²) in [7, 11) is 0. The zero-order chi connectivity index (χ0) is 10.8. The zero-order valence-corrected chi connectivity index (χ0v) is 9.33. The van der Waals surface area contributed by atoms with E-state index < -0.39 is 0 Å². The molecule has 4 nitrogen and oxygen atoms in total. The van der Waals surface area contributed by atoms with Gasteiger partial charge in [0.1, 0.15) is 17.2 Å². The Balaban J connectivity index is 2.30. The summed E-state index contributed by atoms with van der Waals surface area (Å²) in [5.41, 5.74) is 6.97. The van der Waals surface area contributed by atoms with E-state index in [1.807, 2.05) is 0 Å². The van der Waals surface area contributed by atoms with E-state index in [9.17, 15) is 0 Å². The Bertz CT molecular complexity index is 402. The Labute approximate surface area is 93.8 Å². The normalized spacial score (nSPS) is 16.4. The van der Waals surface area contributed by atoms with Crippen molar-refractivity contribution >= 4 is 23.2 Å². The molecular formula is C10H13ClN4. The number of nitrogens with two attached hydrogens (primary N) is 1. The maximum Gasteiger partial charge on any atom is 0.153 e. The molecule has 5 heteroatoms. The number of nitrogen functional groups attached to an aromatic ring is 1. The topological polar surface area (TPSA) is 55.0 Å². The number of halogens is 1. The largest absolute Gasteiger partial charge is 0.382 e. The van der Waals surface area contributed by atoms with Crippen LogP contribution >= 0.6 is 11.6 Å². The van der Waals surface area contributed by atoms with Gasteiger partial charge in [-0.2, -0.15) is 0 Å². The van der Waals surface area contributed by atoms with Crippen molar-refractivity contribution in [3.05, 3.63) is 23.0 Å². The fraction of sp³-hybridized carbons (Fsp3) is 0.400. The van der Waals surface area contributed by atoms with E-state index in [4.69, 9.17) is 17.3 Å². The first-order valence-corrected chi connectivity index (χ1v) is 5.23. The molecule has 1 aliphatic heterocycles. The minimum Gasteiger partial charge on any atom is -0.382 e. The van der Waals surface area contributed by atoms with Gasteiger partial charge in [0.25, 0.3) is 0 Å². The lowest BCUT2D eigenvalue weighted by Crippen LogP contribution is -2.30. The van der Waals surface area contributed by atoms with Crippen LogP contribution in [0.15, 0.2) is 18.0 Å². The van der Waals surface area contributed by atoms with Crippen LogP contribution in [-0.4, -0.2) is 23.1 Å². The van der Waals surface area contributed by atoms with Crippen LogP contribution in [0.5, 0.6) is 0 Å². The molecule has 0 aromatic carbocycles. The number of anilines is 2. The second-order valence-electron chi connectivity index (χ2n) is 3.66. The van der Waals surface area contributed by atoms with E-state index in [1.165, 1.54) is 11.9 Å². The SMILES string of the molecule is CC1=CCCN(c2ncnc(N)c2Cl)C1. The highest BCUT2D eigenvalue weighted by molar-refractivity contribution is 6.35. The van der Waals surface area contributed by atoms with Gasteiger partial charge in [-0.05, 0) is 13.3 Å². The zero-order valence-electron chi connectivity index (χ0n) is 8.57. The van der Waals surface area contributed by atoms with Crippen LogP contribution in [0.25, 0.3) is 0 Å². The average molecular weight is 225 g/mol. The summed E-state index contributed by atoms with van der Waals surface area (Å²) >= 11 is 6.06. The van der Waals surface area contributed by atoms with Gasteiger partial charge in [0.2, 0.25) is 0 Å². The van der Waals surface area contributed by atoms with Crippen molar-refractivity contribution < 1.29 is 0 Å². The summed E-state index contributed by atoms with van der Waals surface area (Å²) < 4.78 is 0. The molecule has 0 atom stereocenters. The van der Waals surface area contributed by atoms with Crippen molar-refractivity contribution in [3.8, 4) is 0 Å². The monoisotopic (exact) mass is 224 g/mol. The van der Waals surface area contributed by atoms with Gasteiger partial charge in [0, 0.05) is 13.1 Å². The molecule has 0 aliphatic carbocycles. The third-order valence-electron chi connectivity index (χ3n) is 2.43. The van der Waals surface area contributed by atoms with Gasteiger partial charge < -0.3 is 10.6 Å². The van der Waals surface area contributed by atoms with Crippen LogP contribution in [0.1, 0.15) is 13.3 Å². The predicted molar refractivity (Wildman–Crippen MR) is 62.0 cm³/mol. The maximum absolute atomic E-state index is 6.06. The van der Waals surface area contributed by atoms with Crippen LogP contribution < -0.4 is 10.6 Å². The molecule has 1 aliphatic rings. The lowest BCUT2D eigenvalue weighted by molar-refractivity contribution is 0.776. The summed E-state index contributed by atoms with van der Waals surface area (Å²) in [6.07, 6.45) is 4.70. The average Bonchev–Trinajstić information content (AvgIpc) is 2.22. The first-order valence-electron chi connectivity index (χ1n) is 4.85. The highest BCUT2D eigenvalue weighted by Gasteiger charge is 2.16. The number of rotatable bonds is 1. The summed E-state index contributed by atoms with van der Waals surface area (Å²) in [5.74, 6) is 1.07. The van der Waals surface area contributed by atoms with Crippen LogP contribution in [0.4, 0.5) is 11.6 Å². The fourth-order valence-electron chi connectivity index (χ4n) is 1.69. The van der Waals surface area contributed by atoms with E-state index in [2.05, 4.69) is 27.9 Å². The molecule has 1 aromatic heterocycles. The Morgan fingerprint density at radius 3 is 3.00 bits per heavy atom. The molecule has 0 radical (unpaired) electrons. The van der Waals surface area contributed by atoms with Crippen molar-refractivity contribution in [1.82, 2.24) is 9.97 Å². The quantitative estimate of drug-likeness (QED) is 0.740. The Morgan fingerprint density at radius 2 is 2.27 bits per heavy atom. The number of hydrogen-bond donors (Lipinski definition) is 1. The van der Waals surface area contributed by atoms with Gasteiger partial charge in [0.15, 0.2) is 5.82 Å². The lowest BCUT2D eigenvalue weighted by atomic mass is 10.1. The standard InChI is InChI=1S/C10H13ClN4/c1-7-3-2-4-15(5-7)10-8(11)9(12)13-6-14-10/h3,6H,2,4-5H2,1H3,(H2,12,13,14). The third kappa shape index (κ3) is 2.04. The fourth-order valence-corrected chi connectivity index (χ4v) is 1.90. The molecule has 0 amide bonds. The number of hydrogen-bond acceptors (Lipinski definition) is 4. The molecule has 2 N–H and O–H groups in total. The molecule has 80 valence electrons. The minimum absolute atomic E-state index is 0.342. The van der Waals surface area contributed by atoms with Gasteiger partial charge in [-0.1, -0.05) is 23.3 Å². The first kappa shape index (κ1) is 10.2. The molecule has 2 rings (SSSR count). The molecule has 0 spiro atoms. The molecule has 2 heterocycles. The van der Waals surface area contributed by atoms with Crippen LogP contribution in [0.3, 0.4) is 0 Å². The van der Waals surface area contributed by atoms with Crippen molar-refractivity contribution in [3.63, 3.8) is 0 Å². The number of aromatic nitrogens is 2. The first-order chi connectivity index (χ1) is 7.18. The number of nitrogens with zero attached hydrogens (tertiary/aromatic N) is 3. The Hall–Kier alpha value is -1.29. The Kier molecular flexibility index (Phi) is 2.77. The van der Waals surface area contributed by atoms with Gasteiger partial charge in [-0.25, -0.2) is 9.97 Å². The van der Waals surface area contributed by atoms with E-state index in [0.717, 1.165) is 25.3 Å². The molecule has 0 saturated carbocycles. The van der Waals surface area contributed by atoms with E-state index in [0.29, 0.717) is 10.8 Å². The predicted octanol–water partition coefficient (Wildman–Crippen LogP) is 1.87. The van der Waals surface area contributed by atoms with Crippen molar-refractivity contribution in [2.45, 2.75) is 13.3 Å². The molecule has 1 aromatic rings. The molecular weight excluding hydrogens is 212 g/mol. The second-order valence-corrected chi connectivity index (χ2v) is 4.04. The summed E-state index contributed by atoms with van der Waals surface area (Å²) in [6, 6.07) is 0. The second kappa shape index (κ2) is 4.06. The maximum atomic E-state index is 6.06.